The fourth-order valence-electron chi connectivity index (χ4n) is 1.56. The molecule has 0 spiro atoms. The molecule has 62 valence electrons. The third-order valence-corrected chi connectivity index (χ3v) is 2.47. The first-order chi connectivity index (χ1) is 5.15. The van der Waals surface area contributed by atoms with Crippen LogP contribution in [-0.2, 0) is 0 Å². The van der Waals surface area contributed by atoms with Crippen molar-refractivity contribution in [3.05, 3.63) is 17.9 Å². The highest BCUT2D eigenvalue weighted by Gasteiger charge is 2.39. The Morgan fingerprint density at radius 2 is 2.45 bits per heavy atom. The third-order valence-electron chi connectivity index (χ3n) is 2.47. The molecule has 0 bridgehead atoms. The van der Waals surface area contributed by atoms with E-state index in [1.165, 1.54) is 12.0 Å². The predicted octanol–water partition coefficient (Wildman–Crippen LogP) is 2.12. The van der Waals surface area contributed by atoms with Crippen LogP contribution in [0.5, 0.6) is 0 Å². The molecule has 1 N–H and O–H groups in total. The minimum absolute atomic E-state index is 0.127. The van der Waals surface area contributed by atoms with Crippen LogP contribution in [-0.4, -0.2) is 11.2 Å². The second-order valence-corrected chi connectivity index (χ2v) is 3.56. The van der Waals surface area contributed by atoms with Crippen LogP contribution in [0.4, 0.5) is 0 Å². The van der Waals surface area contributed by atoms with Gasteiger partial charge in [0, 0.05) is 0 Å². The van der Waals surface area contributed by atoms with Gasteiger partial charge in [-0.15, -0.1) is 5.73 Å². The number of aliphatic hydroxyl groups is 1. The fraction of sp³-hybridized carbons (Fsp3) is 0.700. The van der Waals surface area contributed by atoms with Crippen LogP contribution in [0.3, 0.4) is 0 Å². The van der Waals surface area contributed by atoms with Crippen LogP contribution in [0.15, 0.2) is 17.9 Å². The van der Waals surface area contributed by atoms with Crippen LogP contribution < -0.4 is 0 Å². The Balaban J connectivity index is 2.29. The molecule has 1 saturated carbocycles. The van der Waals surface area contributed by atoms with Crippen LogP contribution in [0.1, 0.15) is 26.7 Å². The number of aliphatic hydroxyl groups excluding tert-OH is 1. The summed E-state index contributed by atoms with van der Waals surface area (Å²) < 4.78 is 0. The van der Waals surface area contributed by atoms with E-state index in [1.807, 2.05) is 13.8 Å². The summed E-state index contributed by atoms with van der Waals surface area (Å²) in [5.41, 5.74) is 4.10. The SMILES string of the molecule is C=C=C(C)CC1CC1C(C)O. The van der Waals surface area contributed by atoms with E-state index in [-0.39, 0.29) is 6.10 Å². The highest BCUT2D eigenvalue weighted by atomic mass is 16.3. The van der Waals surface area contributed by atoms with E-state index in [0.29, 0.717) is 11.8 Å². The Morgan fingerprint density at radius 3 is 2.82 bits per heavy atom. The minimum Gasteiger partial charge on any atom is -0.393 e. The van der Waals surface area contributed by atoms with Crippen molar-refractivity contribution in [1.29, 1.82) is 0 Å². The Hall–Kier alpha value is -0.520. The number of allylic oxidation sites excluding steroid dienone is 1. The summed E-state index contributed by atoms with van der Waals surface area (Å²) in [5, 5.41) is 9.20. The maximum atomic E-state index is 9.20. The van der Waals surface area contributed by atoms with E-state index in [1.54, 1.807) is 0 Å². The molecule has 0 aromatic rings. The van der Waals surface area contributed by atoms with Gasteiger partial charge in [0.15, 0.2) is 0 Å². The second-order valence-electron chi connectivity index (χ2n) is 3.56. The van der Waals surface area contributed by atoms with Crippen molar-refractivity contribution in [3.8, 4) is 0 Å². The molecule has 3 atom stereocenters. The predicted molar refractivity (Wildman–Crippen MR) is 46.2 cm³/mol. The highest BCUT2D eigenvalue weighted by molar-refractivity contribution is 5.02. The van der Waals surface area contributed by atoms with Gasteiger partial charge in [0.1, 0.15) is 0 Å². The normalized spacial score (nSPS) is 30.8. The number of hydrogen-bond donors (Lipinski definition) is 1. The molecular weight excluding hydrogens is 136 g/mol. The molecule has 0 radical (unpaired) electrons. The molecule has 11 heavy (non-hydrogen) atoms. The standard InChI is InChI=1S/C10H16O/c1-4-7(2)5-9-6-10(9)8(3)11/h8-11H,1,5-6H2,2-3H3. The van der Waals surface area contributed by atoms with E-state index in [9.17, 15) is 5.11 Å². The zero-order valence-corrected chi connectivity index (χ0v) is 7.30. The largest absolute Gasteiger partial charge is 0.393 e. The first-order valence-corrected chi connectivity index (χ1v) is 4.18. The molecule has 1 fully saturated rings. The summed E-state index contributed by atoms with van der Waals surface area (Å²) in [5.74, 6) is 1.24. The maximum Gasteiger partial charge on any atom is 0.0543 e. The molecule has 1 aliphatic carbocycles. The summed E-state index contributed by atoms with van der Waals surface area (Å²) in [6, 6.07) is 0. The first-order valence-electron chi connectivity index (χ1n) is 4.18. The minimum atomic E-state index is -0.127. The second kappa shape index (κ2) is 3.25. The summed E-state index contributed by atoms with van der Waals surface area (Å²) in [4.78, 5) is 0. The average Bonchev–Trinajstić information content (AvgIpc) is 2.67. The van der Waals surface area contributed by atoms with Crippen LogP contribution >= 0.6 is 0 Å². The Morgan fingerprint density at radius 1 is 1.82 bits per heavy atom. The molecule has 1 heteroatoms. The summed E-state index contributed by atoms with van der Waals surface area (Å²) >= 11 is 0. The van der Waals surface area contributed by atoms with E-state index < -0.39 is 0 Å². The molecule has 0 aromatic heterocycles. The van der Waals surface area contributed by atoms with Crippen molar-refractivity contribution >= 4 is 0 Å². The lowest BCUT2D eigenvalue weighted by molar-refractivity contribution is 0.164. The van der Waals surface area contributed by atoms with Gasteiger partial charge in [-0.05, 0) is 44.1 Å². The van der Waals surface area contributed by atoms with Crippen LogP contribution in [0.2, 0.25) is 0 Å². The third kappa shape index (κ3) is 2.21. The van der Waals surface area contributed by atoms with Crippen molar-refractivity contribution in [1.82, 2.24) is 0 Å². The molecule has 3 unspecified atom stereocenters. The topological polar surface area (TPSA) is 20.2 Å². The van der Waals surface area contributed by atoms with Gasteiger partial charge in [-0.2, -0.15) is 0 Å². The molecule has 1 nitrogen and oxygen atoms in total. The van der Waals surface area contributed by atoms with Crippen LogP contribution in [0.25, 0.3) is 0 Å². The summed E-state index contributed by atoms with van der Waals surface area (Å²) in [7, 11) is 0. The van der Waals surface area contributed by atoms with Crippen molar-refractivity contribution < 1.29 is 5.11 Å². The maximum absolute atomic E-state index is 9.20. The zero-order valence-electron chi connectivity index (χ0n) is 7.30. The van der Waals surface area contributed by atoms with Gasteiger partial charge in [0.2, 0.25) is 0 Å². The Labute approximate surface area is 68.4 Å². The Bertz CT molecular complexity index is 187. The van der Waals surface area contributed by atoms with Gasteiger partial charge in [0.25, 0.3) is 0 Å². The molecule has 1 aliphatic rings. The quantitative estimate of drug-likeness (QED) is 0.614. The molecular formula is C10H16O. The summed E-state index contributed by atoms with van der Waals surface area (Å²) in [6.45, 7) is 7.51. The van der Waals surface area contributed by atoms with E-state index in [0.717, 1.165) is 6.42 Å². The molecule has 0 aromatic carbocycles. The van der Waals surface area contributed by atoms with Crippen molar-refractivity contribution in [2.75, 3.05) is 0 Å². The highest BCUT2D eigenvalue weighted by Crippen LogP contribution is 2.44. The van der Waals surface area contributed by atoms with E-state index in [4.69, 9.17) is 0 Å². The van der Waals surface area contributed by atoms with Crippen molar-refractivity contribution in [2.24, 2.45) is 11.8 Å². The van der Waals surface area contributed by atoms with Gasteiger partial charge >= 0.3 is 0 Å². The van der Waals surface area contributed by atoms with Gasteiger partial charge in [0.05, 0.1) is 6.10 Å². The lowest BCUT2D eigenvalue weighted by Crippen LogP contribution is -2.03. The lowest BCUT2D eigenvalue weighted by atomic mass is 10.1. The average molecular weight is 152 g/mol. The zero-order chi connectivity index (χ0) is 8.43. The summed E-state index contributed by atoms with van der Waals surface area (Å²) in [6.07, 6.45) is 2.12. The molecule has 0 saturated heterocycles. The fourth-order valence-corrected chi connectivity index (χ4v) is 1.56. The van der Waals surface area contributed by atoms with Crippen molar-refractivity contribution in [3.63, 3.8) is 0 Å². The lowest BCUT2D eigenvalue weighted by Gasteiger charge is -2.01. The monoisotopic (exact) mass is 152 g/mol. The van der Waals surface area contributed by atoms with Gasteiger partial charge in [-0.3, -0.25) is 0 Å². The van der Waals surface area contributed by atoms with Crippen LogP contribution in [0, 0.1) is 11.8 Å². The van der Waals surface area contributed by atoms with E-state index >= 15 is 0 Å². The molecule has 0 amide bonds. The first kappa shape index (κ1) is 8.58. The number of rotatable bonds is 3. The van der Waals surface area contributed by atoms with Gasteiger partial charge in [-0.1, -0.05) is 6.58 Å². The Kier molecular flexibility index (Phi) is 2.53. The smallest absolute Gasteiger partial charge is 0.0543 e. The molecule has 1 rings (SSSR count). The number of hydrogen-bond acceptors (Lipinski definition) is 1. The van der Waals surface area contributed by atoms with Crippen molar-refractivity contribution in [2.45, 2.75) is 32.8 Å². The van der Waals surface area contributed by atoms with Gasteiger partial charge < -0.3 is 5.11 Å². The molecule has 0 aliphatic heterocycles. The molecule has 0 heterocycles. The van der Waals surface area contributed by atoms with Gasteiger partial charge in [-0.25, -0.2) is 0 Å². The van der Waals surface area contributed by atoms with E-state index in [2.05, 4.69) is 12.3 Å².